The molecule has 0 atom stereocenters. The normalized spacial score (nSPS) is 10.5. The minimum atomic E-state index is 0.485. The molecule has 2 aromatic rings. The molecule has 2 aromatic heterocycles. The molecular weight excluding hydrogens is 240 g/mol. The summed E-state index contributed by atoms with van der Waals surface area (Å²) >= 11 is 5.99. The summed E-state index contributed by atoms with van der Waals surface area (Å²) in [5.74, 6) is 1.50. The summed E-state index contributed by atoms with van der Waals surface area (Å²) < 4.78 is 5.10. The van der Waals surface area contributed by atoms with E-state index in [4.69, 9.17) is 16.1 Å². The van der Waals surface area contributed by atoms with E-state index in [-0.39, 0.29) is 0 Å². The minimum Gasteiger partial charge on any atom is -0.362 e. The first-order chi connectivity index (χ1) is 8.20. The molecule has 0 fully saturated rings. The second-order valence-corrected chi connectivity index (χ2v) is 3.99. The predicted molar refractivity (Wildman–Crippen MR) is 65.0 cm³/mol. The summed E-state index contributed by atoms with van der Waals surface area (Å²) in [5.41, 5.74) is 1.77. The topological polar surface area (TPSA) is 63.8 Å². The van der Waals surface area contributed by atoms with Crippen LogP contribution in [0.3, 0.4) is 0 Å². The molecule has 90 valence electrons. The number of halogens is 1. The standard InChI is InChI=1S/C11H13ClN4O/c1-3-9-10(12)14-6-15-11(9)13-5-8-4-7(2)16-17-8/h4,6H,3,5H2,1-2H3,(H,13,14,15). The Kier molecular flexibility index (Phi) is 3.58. The number of hydrogen-bond acceptors (Lipinski definition) is 5. The van der Waals surface area contributed by atoms with Gasteiger partial charge in [-0.15, -0.1) is 0 Å². The van der Waals surface area contributed by atoms with Crippen molar-refractivity contribution in [1.29, 1.82) is 0 Å². The fourth-order valence-electron chi connectivity index (χ4n) is 1.53. The van der Waals surface area contributed by atoms with Crippen LogP contribution in [-0.2, 0) is 13.0 Å². The zero-order valence-electron chi connectivity index (χ0n) is 9.70. The van der Waals surface area contributed by atoms with Gasteiger partial charge in [-0.05, 0) is 13.3 Å². The summed E-state index contributed by atoms with van der Waals surface area (Å²) in [6, 6.07) is 1.88. The Labute approximate surface area is 104 Å². The highest BCUT2D eigenvalue weighted by molar-refractivity contribution is 6.30. The highest BCUT2D eigenvalue weighted by Gasteiger charge is 2.08. The zero-order chi connectivity index (χ0) is 12.3. The van der Waals surface area contributed by atoms with Gasteiger partial charge in [-0.3, -0.25) is 0 Å². The monoisotopic (exact) mass is 252 g/mol. The number of aryl methyl sites for hydroxylation is 1. The van der Waals surface area contributed by atoms with E-state index >= 15 is 0 Å². The Morgan fingerprint density at radius 2 is 2.24 bits per heavy atom. The van der Waals surface area contributed by atoms with Gasteiger partial charge in [-0.1, -0.05) is 23.7 Å². The molecule has 0 aliphatic rings. The van der Waals surface area contributed by atoms with Gasteiger partial charge in [0.25, 0.3) is 0 Å². The van der Waals surface area contributed by atoms with Crippen LogP contribution in [0.15, 0.2) is 16.9 Å². The average Bonchev–Trinajstić information content (AvgIpc) is 2.72. The van der Waals surface area contributed by atoms with E-state index in [9.17, 15) is 0 Å². The molecule has 0 saturated heterocycles. The van der Waals surface area contributed by atoms with Gasteiger partial charge < -0.3 is 9.84 Å². The van der Waals surface area contributed by atoms with Gasteiger partial charge in [0.05, 0.1) is 12.2 Å². The van der Waals surface area contributed by atoms with Gasteiger partial charge in [0.15, 0.2) is 5.76 Å². The van der Waals surface area contributed by atoms with Crippen LogP contribution in [0.2, 0.25) is 5.15 Å². The maximum atomic E-state index is 5.99. The van der Waals surface area contributed by atoms with E-state index in [0.717, 1.165) is 29.3 Å². The Morgan fingerprint density at radius 1 is 1.41 bits per heavy atom. The molecule has 0 aliphatic heterocycles. The van der Waals surface area contributed by atoms with Crippen LogP contribution in [0.25, 0.3) is 0 Å². The summed E-state index contributed by atoms with van der Waals surface area (Å²) in [5, 5.41) is 7.47. The van der Waals surface area contributed by atoms with E-state index in [1.165, 1.54) is 6.33 Å². The third-order valence-electron chi connectivity index (χ3n) is 2.35. The van der Waals surface area contributed by atoms with Gasteiger partial charge in [-0.2, -0.15) is 0 Å². The highest BCUT2D eigenvalue weighted by atomic mass is 35.5. The van der Waals surface area contributed by atoms with Gasteiger partial charge in [-0.25, -0.2) is 9.97 Å². The van der Waals surface area contributed by atoms with Crippen LogP contribution in [0.4, 0.5) is 5.82 Å². The Balaban J connectivity index is 2.11. The lowest BCUT2D eigenvalue weighted by molar-refractivity contribution is 0.384. The van der Waals surface area contributed by atoms with Crippen LogP contribution < -0.4 is 5.32 Å². The fraction of sp³-hybridized carbons (Fsp3) is 0.364. The van der Waals surface area contributed by atoms with Crippen molar-refractivity contribution in [3.63, 3.8) is 0 Å². The Hall–Kier alpha value is -1.62. The lowest BCUT2D eigenvalue weighted by Crippen LogP contribution is -2.05. The first-order valence-corrected chi connectivity index (χ1v) is 5.74. The van der Waals surface area contributed by atoms with Crippen molar-refractivity contribution >= 4 is 17.4 Å². The summed E-state index contributed by atoms with van der Waals surface area (Å²) in [6.45, 7) is 4.42. The third-order valence-corrected chi connectivity index (χ3v) is 2.68. The lowest BCUT2D eigenvalue weighted by Gasteiger charge is -2.08. The average molecular weight is 253 g/mol. The smallest absolute Gasteiger partial charge is 0.156 e. The van der Waals surface area contributed by atoms with Crippen LogP contribution in [0.5, 0.6) is 0 Å². The Morgan fingerprint density at radius 3 is 2.88 bits per heavy atom. The number of hydrogen-bond donors (Lipinski definition) is 1. The van der Waals surface area contributed by atoms with E-state index in [1.807, 2.05) is 19.9 Å². The molecule has 0 amide bonds. The quantitative estimate of drug-likeness (QED) is 0.848. The molecule has 5 nitrogen and oxygen atoms in total. The van der Waals surface area contributed by atoms with Crippen molar-refractivity contribution in [3.05, 3.63) is 34.6 Å². The molecule has 0 unspecified atom stereocenters. The molecule has 6 heteroatoms. The molecule has 0 aromatic carbocycles. The molecule has 0 bridgehead atoms. The second-order valence-electron chi connectivity index (χ2n) is 3.63. The third kappa shape index (κ3) is 2.74. The van der Waals surface area contributed by atoms with Crippen LogP contribution in [0.1, 0.15) is 23.9 Å². The van der Waals surface area contributed by atoms with E-state index in [2.05, 4.69) is 20.4 Å². The van der Waals surface area contributed by atoms with Crippen molar-refractivity contribution in [2.75, 3.05) is 5.32 Å². The van der Waals surface area contributed by atoms with Crippen molar-refractivity contribution in [3.8, 4) is 0 Å². The number of aromatic nitrogens is 3. The van der Waals surface area contributed by atoms with Gasteiger partial charge in [0, 0.05) is 11.6 Å². The number of nitrogens with zero attached hydrogens (tertiary/aromatic N) is 3. The minimum absolute atomic E-state index is 0.485. The molecule has 17 heavy (non-hydrogen) atoms. The van der Waals surface area contributed by atoms with Gasteiger partial charge >= 0.3 is 0 Å². The summed E-state index contributed by atoms with van der Waals surface area (Å²) in [6.07, 6.45) is 2.22. The lowest BCUT2D eigenvalue weighted by atomic mass is 10.2. The Bertz CT molecular complexity index is 512. The van der Waals surface area contributed by atoms with Crippen LogP contribution in [0, 0.1) is 6.92 Å². The second kappa shape index (κ2) is 5.14. The molecule has 2 heterocycles. The molecule has 0 radical (unpaired) electrons. The van der Waals surface area contributed by atoms with Crippen molar-refractivity contribution in [2.45, 2.75) is 26.8 Å². The molecule has 0 spiro atoms. The number of nitrogens with one attached hydrogen (secondary N) is 1. The largest absolute Gasteiger partial charge is 0.362 e. The predicted octanol–water partition coefficient (Wildman–Crippen LogP) is 2.60. The maximum absolute atomic E-state index is 5.99. The summed E-state index contributed by atoms with van der Waals surface area (Å²) in [7, 11) is 0. The van der Waals surface area contributed by atoms with Gasteiger partial charge in [0.2, 0.25) is 0 Å². The number of anilines is 1. The van der Waals surface area contributed by atoms with Gasteiger partial charge in [0.1, 0.15) is 17.3 Å². The first kappa shape index (κ1) is 11.9. The van der Waals surface area contributed by atoms with Crippen molar-refractivity contribution < 1.29 is 4.52 Å². The van der Waals surface area contributed by atoms with Crippen LogP contribution in [-0.4, -0.2) is 15.1 Å². The van der Waals surface area contributed by atoms with E-state index in [0.29, 0.717) is 11.7 Å². The van der Waals surface area contributed by atoms with Crippen LogP contribution >= 0.6 is 11.6 Å². The highest BCUT2D eigenvalue weighted by Crippen LogP contribution is 2.20. The molecule has 0 saturated carbocycles. The number of rotatable bonds is 4. The fourth-order valence-corrected chi connectivity index (χ4v) is 1.79. The molecule has 1 N–H and O–H groups in total. The van der Waals surface area contributed by atoms with E-state index < -0.39 is 0 Å². The summed E-state index contributed by atoms with van der Waals surface area (Å²) in [4.78, 5) is 8.11. The first-order valence-electron chi connectivity index (χ1n) is 5.36. The van der Waals surface area contributed by atoms with Crippen molar-refractivity contribution in [2.24, 2.45) is 0 Å². The zero-order valence-corrected chi connectivity index (χ0v) is 10.5. The molecule has 2 rings (SSSR count). The SMILES string of the molecule is CCc1c(Cl)ncnc1NCc1cc(C)no1. The molecule has 0 aliphatic carbocycles. The maximum Gasteiger partial charge on any atom is 0.156 e. The molecular formula is C11H13ClN4O. The van der Waals surface area contributed by atoms with Crippen molar-refractivity contribution in [1.82, 2.24) is 15.1 Å². The van der Waals surface area contributed by atoms with E-state index in [1.54, 1.807) is 0 Å².